The molecule has 0 aliphatic carbocycles. The molecule has 0 saturated heterocycles. The van der Waals surface area contributed by atoms with Crippen molar-refractivity contribution in [2.75, 3.05) is 13.2 Å². The summed E-state index contributed by atoms with van der Waals surface area (Å²) in [5.41, 5.74) is 6.50. The molecule has 0 saturated carbocycles. The highest BCUT2D eigenvalue weighted by atomic mass is 79.9. The molecule has 2 aromatic carbocycles. The quantitative estimate of drug-likeness (QED) is 0.682. The van der Waals surface area contributed by atoms with Crippen LogP contribution in [-0.2, 0) is 0 Å². The van der Waals surface area contributed by atoms with Crippen LogP contribution in [0.3, 0.4) is 0 Å². The van der Waals surface area contributed by atoms with Gasteiger partial charge in [0.2, 0.25) is 0 Å². The molecule has 0 unspecified atom stereocenters. The molecule has 3 aromatic rings. The minimum atomic E-state index is -0.468. The van der Waals surface area contributed by atoms with Gasteiger partial charge in [0.1, 0.15) is 12.4 Å². The lowest BCUT2D eigenvalue weighted by atomic mass is 10.1. The maximum Gasteiger partial charge on any atom is 0.256 e. The number of aromatic amines is 1. The Labute approximate surface area is 152 Å². The van der Waals surface area contributed by atoms with Crippen LogP contribution in [0.25, 0.3) is 22.0 Å². The number of H-pyrrole nitrogens is 1. The van der Waals surface area contributed by atoms with Crippen LogP contribution in [0.2, 0.25) is 0 Å². The molecule has 24 heavy (non-hydrogen) atoms. The number of aromatic nitrogens is 1. The van der Waals surface area contributed by atoms with Crippen molar-refractivity contribution in [3.8, 4) is 17.0 Å². The minimum Gasteiger partial charge on any atom is -0.489 e. The van der Waals surface area contributed by atoms with Crippen LogP contribution >= 0.6 is 28.3 Å². The second-order valence-corrected chi connectivity index (χ2v) is 5.91. The topological polar surface area (TPSA) is 68.1 Å². The van der Waals surface area contributed by atoms with Crippen LogP contribution in [0.15, 0.2) is 51.7 Å². The number of pyridine rings is 1. The van der Waals surface area contributed by atoms with Crippen molar-refractivity contribution in [3.63, 3.8) is 0 Å². The smallest absolute Gasteiger partial charge is 0.256 e. The molecule has 126 valence electrons. The van der Waals surface area contributed by atoms with Crippen molar-refractivity contribution in [3.05, 3.63) is 63.1 Å². The Hall–Kier alpha value is -1.89. The highest BCUT2D eigenvalue weighted by Gasteiger charge is 2.15. The summed E-state index contributed by atoms with van der Waals surface area (Å²) < 4.78 is 20.1. The van der Waals surface area contributed by atoms with Gasteiger partial charge in [0, 0.05) is 22.0 Å². The monoisotopic (exact) mass is 412 g/mol. The molecular formula is C17H15BrClFN2O2. The van der Waals surface area contributed by atoms with E-state index in [2.05, 4.69) is 20.9 Å². The fourth-order valence-electron chi connectivity index (χ4n) is 2.41. The van der Waals surface area contributed by atoms with Crippen LogP contribution in [0.4, 0.5) is 4.39 Å². The standard InChI is InChI=1S/C17H14BrFN2O2.ClH/c18-11-3-1-10(2-4-11)15-16(23-8-7-20)13-6-5-12(19)9-14(13)17(22)21-15;/h1-6,9H,7-8,20H2,(H,21,22);1H. The number of fused-ring (bicyclic) bond motifs is 1. The fraction of sp³-hybridized carbons (Fsp3) is 0.118. The van der Waals surface area contributed by atoms with Gasteiger partial charge in [-0.1, -0.05) is 28.1 Å². The zero-order valence-electron chi connectivity index (χ0n) is 12.5. The second kappa shape index (κ2) is 7.79. The van der Waals surface area contributed by atoms with Crippen LogP contribution in [0.5, 0.6) is 5.75 Å². The molecule has 0 fully saturated rings. The van der Waals surface area contributed by atoms with Crippen molar-refractivity contribution < 1.29 is 9.13 Å². The highest BCUT2D eigenvalue weighted by Crippen LogP contribution is 2.34. The normalized spacial score (nSPS) is 10.5. The molecule has 7 heteroatoms. The van der Waals surface area contributed by atoms with Gasteiger partial charge in [0.25, 0.3) is 5.56 Å². The molecule has 1 aromatic heterocycles. The van der Waals surface area contributed by atoms with E-state index in [9.17, 15) is 9.18 Å². The largest absolute Gasteiger partial charge is 0.489 e. The average molecular weight is 414 g/mol. The van der Waals surface area contributed by atoms with Gasteiger partial charge in [-0.25, -0.2) is 4.39 Å². The highest BCUT2D eigenvalue weighted by molar-refractivity contribution is 9.10. The summed E-state index contributed by atoms with van der Waals surface area (Å²) in [6.45, 7) is 0.629. The van der Waals surface area contributed by atoms with Gasteiger partial charge in [0.05, 0.1) is 11.1 Å². The Kier molecular flexibility index (Phi) is 5.99. The van der Waals surface area contributed by atoms with Gasteiger partial charge in [0.15, 0.2) is 5.75 Å². The molecule has 0 spiro atoms. The van der Waals surface area contributed by atoms with Gasteiger partial charge in [-0.05, 0) is 30.3 Å². The van der Waals surface area contributed by atoms with E-state index in [1.165, 1.54) is 12.1 Å². The minimum absolute atomic E-state index is 0. The summed E-state index contributed by atoms with van der Waals surface area (Å²) in [7, 11) is 0. The van der Waals surface area contributed by atoms with Gasteiger partial charge >= 0.3 is 0 Å². The van der Waals surface area contributed by atoms with Crippen molar-refractivity contribution >= 4 is 39.1 Å². The van der Waals surface area contributed by atoms with Gasteiger partial charge in [-0.3, -0.25) is 4.79 Å². The first-order chi connectivity index (χ1) is 11.1. The number of nitrogens with two attached hydrogens (primary N) is 1. The summed E-state index contributed by atoms with van der Waals surface area (Å²) in [5, 5.41) is 0.805. The summed E-state index contributed by atoms with van der Waals surface area (Å²) in [6.07, 6.45) is 0. The summed E-state index contributed by atoms with van der Waals surface area (Å²) >= 11 is 3.38. The Morgan fingerprint density at radius 2 is 1.83 bits per heavy atom. The van der Waals surface area contributed by atoms with Crippen LogP contribution in [-0.4, -0.2) is 18.1 Å². The number of hydrogen-bond acceptors (Lipinski definition) is 3. The Morgan fingerprint density at radius 3 is 2.50 bits per heavy atom. The SMILES string of the molecule is Cl.NCCOc1c(-c2ccc(Br)cc2)[nH]c(=O)c2cc(F)ccc12. The lowest BCUT2D eigenvalue weighted by Crippen LogP contribution is -2.15. The third-order valence-electron chi connectivity index (χ3n) is 3.43. The van der Waals surface area contributed by atoms with E-state index < -0.39 is 5.82 Å². The third-order valence-corrected chi connectivity index (χ3v) is 3.96. The van der Waals surface area contributed by atoms with Crippen molar-refractivity contribution in [2.45, 2.75) is 0 Å². The van der Waals surface area contributed by atoms with E-state index >= 15 is 0 Å². The first-order valence-electron chi connectivity index (χ1n) is 7.04. The van der Waals surface area contributed by atoms with Gasteiger partial charge in [-0.2, -0.15) is 0 Å². The molecule has 1 heterocycles. The fourth-order valence-corrected chi connectivity index (χ4v) is 2.67. The number of benzene rings is 2. The van der Waals surface area contributed by atoms with E-state index in [1.807, 2.05) is 24.3 Å². The lowest BCUT2D eigenvalue weighted by molar-refractivity contribution is 0.332. The Morgan fingerprint density at radius 1 is 1.12 bits per heavy atom. The Balaban J connectivity index is 0.00000208. The zero-order chi connectivity index (χ0) is 16.4. The van der Waals surface area contributed by atoms with E-state index in [0.29, 0.717) is 30.0 Å². The van der Waals surface area contributed by atoms with Crippen molar-refractivity contribution in [2.24, 2.45) is 5.73 Å². The zero-order valence-corrected chi connectivity index (χ0v) is 14.9. The Bertz CT molecular complexity index is 913. The molecule has 0 bridgehead atoms. The van der Waals surface area contributed by atoms with Crippen LogP contribution in [0.1, 0.15) is 0 Å². The van der Waals surface area contributed by atoms with Crippen molar-refractivity contribution in [1.82, 2.24) is 4.98 Å². The van der Waals surface area contributed by atoms with E-state index in [-0.39, 0.29) is 23.4 Å². The first-order valence-corrected chi connectivity index (χ1v) is 7.84. The molecule has 0 amide bonds. The maximum absolute atomic E-state index is 13.4. The van der Waals surface area contributed by atoms with E-state index in [0.717, 1.165) is 10.0 Å². The number of rotatable bonds is 4. The van der Waals surface area contributed by atoms with Crippen LogP contribution < -0.4 is 16.0 Å². The number of nitrogens with one attached hydrogen (secondary N) is 1. The summed E-state index contributed by atoms with van der Waals surface area (Å²) in [4.78, 5) is 15.1. The second-order valence-electron chi connectivity index (χ2n) is 4.99. The van der Waals surface area contributed by atoms with E-state index in [4.69, 9.17) is 10.5 Å². The predicted molar refractivity (Wildman–Crippen MR) is 99.5 cm³/mol. The molecule has 3 N–H and O–H groups in total. The summed E-state index contributed by atoms with van der Waals surface area (Å²) in [6, 6.07) is 11.5. The van der Waals surface area contributed by atoms with Crippen molar-refractivity contribution in [1.29, 1.82) is 0 Å². The van der Waals surface area contributed by atoms with E-state index in [1.54, 1.807) is 6.07 Å². The molecule has 3 rings (SSSR count). The summed E-state index contributed by atoms with van der Waals surface area (Å²) in [5.74, 6) is 0.0246. The van der Waals surface area contributed by atoms with Gasteiger partial charge in [-0.15, -0.1) is 12.4 Å². The molecule has 0 atom stereocenters. The molecular weight excluding hydrogens is 399 g/mol. The first kappa shape index (κ1) is 18.4. The van der Waals surface area contributed by atoms with Gasteiger partial charge < -0.3 is 15.5 Å². The van der Waals surface area contributed by atoms with Crippen LogP contribution in [0, 0.1) is 5.82 Å². The molecule has 4 nitrogen and oxygen atoms in total. The lowest BCUT2D eigenvalue weighted by Gasteiger charge is -2.14. The number of ether oxygens (including phenoxy) is 1. The third kappa shape index (κ3) is 3.61. The molecule has 0 radical (unpaired) electrons. The average Bonchev–Trinajstić information content (AvgIpc) is 2.55. The number of hydrogen-bond donors (Lipinski definition) is 2. The molecule has 0 aliphatic heterocycles. The maximum atomic E-state index is 13.4. The number of halogens is 3. The molecule has 0 aliphatic rings. The predicted octanol–water partition coefficient (Wildman–Crippen LogP) is 3.86.